The number of aliphatic imine (C=N–C) groups is 1. The van der Waals surface area contributed by atoms with Gasteiger partial charge in [0.15, 0.2) is 16.7 Å². The van der Waals surface area contributed by atoms with E-state index in [0.29, 0.717) is 33.9 Å². The Labute approximate surface area is 248 Å². The Morgan fingerprint density at radius 3 is 2.60 bits per heavy atom. The van der Waals surface area contributed by atoms with Gasteiger partial charge in [0.1, 0.15) is 12.4 Å². The van der Waals surface area contributed by atoms with E-state index in [1.807, 2.05) is 48.5 Å². The summed E-state index contributed by atoms with van der Waals surface area (Å²) in [6.07, 6.45) is 2.68. The number of carbonyl (C=O) groups excluding carboxylic acids is 2. The molecule has 0 atom stereocenters. The average Bonchev–Trinajstić information content (AvgIpc) is 3.61. The fourth-order valence-corrected chi connectivity index (χ4v) is 5.56. The Kier molecular flexibility index (Phi) is 9.96. The molecule has 0 aliphatic carbocycles. The van der Waals surface area contributed by atoms with E-state index in [1.54, 1.807) is 24.1 Å². The van der Waals surface area contributed by atoms with Gasteiger partial charge in [0.05, 0.1) is 38.0 Å². The molecule has 220 valence electrons. The van der Waals surface area contributed by atoms with Crippen LogP contribution in [0.1, 0.15) is 28.3 Å². The van der Waals surface area contributed by atoms with Crippen molar-refractivity contribution >= 4 is 40.6 Å². The Hall–Kier alpha value is -4.06. The Morgan fingerprint density at radius 1 is 1.02 bits per heavy atom. The molecular weight excluding hydrogens is 558 g/mol. The van der Waals surface area contributed by atoms with Crippen LogP contribution in [0, 0.1) is 0 Å². The molecule has 11 heteroatoms. The van der Waals surface area contributed by atoms with Crippen LogP contribution in [-0.2, 0) is 20.9 Å². The van der Waals surface area contributed by atoms with E-state index in [1.165, 1.54) is 24.9 Å². The third-order valence-corrected chi connectivity index (χ3v) is 7.74. The zero-order valence-electron chi connectivity index (χ0n) is 23.6. The quantitative estimate of drug-likeness (QED) is 0.226. The van der Waals surface area contributed by atoms with Crippen LogP contribution in [-0.4, -0.2) is 80.5 Å². The summed E-state index contributed by atoms with van der Waals surface area (Å²) >= 11 is 1.37. The largest absolute Gasteiger partial charge is 0.493 e. The van der Waals surface area contributed by atoms with Gasteiger partial charge in [-0.05, 0) is 66.2 Å². The zero-order chi connectivity index (χ0) is 29.3. The third-order valence-electron chi connectivity index (χ3n) is 6.73. The number of amides is 1. The molecule has 2 fully saturated rings. The van der Waals surface area contributed by atoms with E-state index < -0.39 is 5.97 Å². The molecule has 3 aromatic rings. The first-order valence-corrected chi connectivity index (χ1v) is 14.5. The van der Waals surface area contributed by atoms with Crippen molar-refractivity contribution in [2.24, 2.45) is 4.99 Å². The maximum absolute atomic E-state index is 13.6. The van der Waals surface area contributed by atoms with Gasteiger partial charge in [0.2, 0.25) is 5.76 Å². The van der Waals surface area contributed by atoms with Crippen molar-refractivity contribution in [1.29, 1.82) is 0 Å². The van der Waals surface area contributed by atoms with Crippen molar-refractivity contribution in [1.82, 2.24) is 9.80 Å². The predicted octanol–water partition coefficient (Wildman–Crippen LogP) is 4.98. The number of carbonyl (C=O) groups is 2. The van der Waals surface area contributed by atoms with Crippen molar-refractivity contribution in [3.8, 4) is 11.5 Å². The van der Waals surface area contributed by atoms with Gasteiger partial charge in [-0.25, -0.2) is 9.79 Å². The Morgan fingerprint density at radius 2 is 1.83 bits per heavy atom. The third kappa shape index (κ3) is 7.41. The number of nitrogens with zero attached hydrogens (tertiary/aromatic N) is 3. The maximum atomic E-state index is 13.6. The van der Waals surface area contributed by atoms with Gasteiger partial charge < -0.3 is 23.4 Å². The van der Waals surface area contributed by atoms with Crippen LogP contribution in [0.15, 0.2) is 75.0 Å². The minimum atomic E-state index is -0.553. The number of hydrogen-bond acceptors (Lipinski definition) is 10. The molecule has 5 rings (SSSR count). The number of furan rings is 1. The summed E-state index contributed by atoms with van der Waals surface area (Å²) in [4.78, 5) is 34.7. The van der Waals surface area contributed by atoms with Gasteiger partial charge in [-0.1, -0.05) is 24.3 Å². The van der Waals surface area contributed by atoms with Gasteiger partial charge >= 0.3 is 5.97 Å². The number of hydrogen-bond donors (Lipinski definition) is 0. The fourth-order valence-electron chi connectivity index (χ4n) is 4.54. The maximum Gasteiger partial charge on any atom is 0.373 e. The fraction of sp³-hybridized carbons (Fsp3) is 0.323. The van der Waals surface area contributed by atoms with Gasteiger partial charge in [-0.2, -0.15) is 0 Å². The highest BCUT2D eigenvalue weighted by atomic mass is 32.2. The van der Waals surface area contributed by atoms with Crippen molar-refractivity contribution in [2.45, 2.75) is 13.0 Å². The lowest BCUT2D eigenvalue weighted by Gasteiger charge is -2.27. The van der Waals surface area contributed by atoms with Crippen LogP contribution in [0.2, 0.25) is 0 Å². The number of esters is 1. The Balaban J connectivity index is 1.30. The summed E-state index contributed by atoms with van der Waals surface area (Å²) in [7, 11) is 2.85. The van der Waals surface area contributed by atoms with Crippen LogP contribution in [0.25, 0.3) is 6.08 Å². The predicted molar refractivity (Wildman–Crippen MR) is 160 cm³/mol. The van der Waals surface area contributed by atoms with E-state index in [2.05, 4.69) is 9.64 Å². The van der Waals surface area contributed by atoms with Gasteiger partial charge in [0.25, 0.3) is 5.91 Å². The molecule has 3 heterocycles. The van der Waals surface area contributed by atoms with Crippen LogP contribution in [0.3, 0.4) is 0 Å². The number of benzene rings is 2. The number of rotatable bonds is 11. The molecule has 2 saturated heterocycles. The molecule has 0 bridgehead atoms. The second-order valence-electron chi connectivity index (χ2n) is 9.56. The summed E-state index contributed by atoms with van der Waals surface area (Å²) in [6.45, 7) is 4.90. The van der Waals surface area contributed by atoms with Crippen LogP contribution >= 0.6 is 11.8 Å². The molecule has 1 amide bonds. The highest BCUT2D eigenvalue weighted by molar-refractivity contribution is 8.18. The summed E-state index contributed by atoms with van der Waals surface area (Å²) in [6, 6.07) is 18.3. The van der Waals surface area contributed by atoms with E-state index in [-0.39, 0.29) is 18.3 Å². The summed E-state index contributed by atoms with van der Waals surface area (Å²) in [5.74, 6) is 0.945. The normalized spacial score (nSPS) is 17.7. The standard InChI is InChI=1S/C31H33N3O7S/c1-37-27-19-22(9-11-25(27)40-21-24-10-12-26(41-24)30(36)38-2)20-28-29(35)34(14-6-13-33-15-17-39-18-16-33)31(42-28)32-23-7-4-3-5-8-23/h3-5,7-12,19-20H,6,13-18,21H2,1-2H3. The molecule has 0 N–H and O–H groups in total. The molecule has 0 unspecified atom stereocenters. The average molecular weight is 592 g/mol. The molecule has 42 heavy (non-hydrogen) atoms. The van der Waals surface area contributed by atoms with Crippen molar-refractivity contribution in [3.63, 3.8) is 0 Å². The number of ether oxygens (including phenoxy) is 4. The number of morpholine rings is 1. The lowest BCUT2D eigenvalue weighted by atomic mass is 10.2. The van der Waals surface area contributed by atoms with Crippen molar-refractivity contribution in [3.05, 3.63) is 82.7 Å². The van der Waals surface area contributed by atoms with Crippen LogP contribution < -0.4 is 9.47 Å². The number of thioether (sulfide) groups is 1. The van der Waals surface area contributed by atoms with Gasteiger partial charge in [0, 0.05) is 26.2 Å². The molecule has 2 aliphatic rings. The molecule has 10 nitrogen and oxygen atoms in total. The first-order valence-electron chi connectivity index (χ1n) is 13.7. The van der Waals surface area contributed by atoms with E-state index in [4.69, 9.17) is 23.6 Å². The highest BCUT2D eigenvalue weighted by Crippen LogP contribution is 2.36. The number of amidine groups is 1. The summed E-state index contributed by atoms with van der Waals surface area (Å²) < 4.78 is 27.0. The number of para-hydroxylation sites is 1. The van der Waals surface area contributed by atoms with Gasteiger partial charge in [-0.3, -0.25) is 14.6 Å². The van der Waals surface area contributed by atoms with Crippen LogP contribution in [0.5, 0.6) is 11.5 Å². The lowest BCUT2D eigenvalue weighted by Crippen LogP contribution is -2.38. The monoisotopic (exact) mass is 591 g/mol. The van der Waals surface area contributed by atoms with E-state index in [0.717, 1.165) is 50.5 Å². The smallest absolute Gasteiger partial charge is 0.373 e. The molecule has 1 aromatic heterocycles. The zero-order valence-corrected chi connectivity index (χ0v) is 24.4. The van der Waals surface area contributed by atoms with Crippen LogP contribution in [0.4, 0.5) is 5.69 Å². The first kappa shape index (κ1) is 29.4. The number of methoxy groups -OCH3 is 2. The lowest BCUT2D eigenvalue weighted by molar-refractivity contribution is -0.122. The summed E-state index contributed by atoms with van der Waals surface area (Å²) in [5, 5.41) is 0.663. The first-order chi connectivity index (χ1) is 20.5. The van der Waals surface area contributed by atoms with Gasteiger partial charge in [-0.15, -0.1) is 0 Å². The van der Waals surface area contributed by atoms with E-state index >= 15 is 0 Å². The second kappa shape index (κ2) is 14.2. The molecule has 0 spiro atoms. The second-order valence-corrected chi connectivity index (χ2v) is 10.6. The van der Waals surface area contributed by atoms with Crippen molar-refractivity contribution in [2.75, 3.05) is 53.6 Å². The SMILES string of the molecule is COC(=O)c1ccc(COc2ccc(C=C3SC(=Nc4ccccc4)N(CCCN4CCOCC4)C3=O)cc2OC)o1. The molecule has 0 saturated carbocycles. The molecule has 2 aromatic carbocycles. The highest BCUT2D eigenvalue weighted by Gasteiger charge is 2.33. The van der Waals surface area contributed by atoms with Crippen molar-refractivity contribution < 1.29 is 33.0 Å². The molecule has 2 aliphatic heterocycles. The minimum Gasteiger partial charge on any atom is -0.493 e. The molecule has 0 radical (unpaired) electrons. The Bertz CT molecular complexity index is 1450. The molecular formula is C31H33N3O7S. The van der Waals surface area contributed by atoms with E-state index in [9.17, 15) is 9.59 Å². The minimum absolute atomic E-state index is 0.0739. The topological polar surface area (TPSA) is 103 Å². The summed E-state index contributed by atoms with van der Waals surface area (Å²) in [5.41, 5.74) is 1.58.